The number of hydrogen-bond acceptors (Lipinski definition) is 4. The van der Waals surface area contributed by atoms with Gasteiger partial charge in [0.25, 0.3) is 0 Å². The first-order valence-corrected chi connectivity index (χ1v) is 6.86. The summed E-state index contributed by atoms with van der Waals surface area (Å²) in [5, 5.41) is 8.64. The molecule has 4 nitrogen and oxygen atoms in total. The number of aliphatic carboxylic acids is 1. The molecule has 1 rings (SSSR count). The summed E-state index contributed by atoms with van der Waals surface area (Å²) in [6.45, 7) is 2.08. The average Bonchev–Trinajstić information content (AvgIpc) is 2.36. The van der Waals surface area contributed by atoms with Crippen molar-refractivity contribution in [3.05, 3.63) is 29.3 Å². The quantitative estimate of drug-likeness (QED) is 0.634. The van der Waals surface area contributed by atoms with Crippen LogP contribution in [0.1, 0.15) is 29.3 Å². The van der Waals surface area contributed by atoms with Crippen LogP contribution in [-0.2, 0) is 16.0 Å². The highest BCUT2D eigenvalue weighted by Crippen LogP contribution is 2.23. The third kappa shape index (κ3) is 4.07. The van der Waals surface area contributed by atoms with E-state index in [0.717, 1.165) is 10.5 Å². The lowest BCUT2D eigenvalue weighted by atomic mass is 10.1. The normalized spacial score (nSPS) is 10.1. The Morgan fingerprint density at radius 1 is 1.39 bits per heavy atom. The molecule has 1 aromatic carbocycles. The molecule has 0 fully saturated rings. The number of hydrogen-bond donors (Lipinski definition) is 1. The molecule has 0 amide bonds. The van der Waals surface area contributed by atoms with Gasteiger partial charge in [-0.1, -0.05) is 6.07 Å². The summed E-state index contributed by atoms with van der Waals surface area (Å²) >= 11 is 1.47. The molecule has 0 aliphatic carbocycles. The van der Waals surface area contributed by atoms with Crippen molar-refractivity contribution in [2.75, 3.05) is 12.9 Å². The summed E-state index contributed by atoms with van der Waals surface area (Å²) in [7, 11) is 0. The van der Waals surface area contributed by atoms with Gasteiger partial charge in [0.05, 0.1) is 12.2 Å². The zero-order chi connectivity index (χ0) is 13.5. The van der Waals surface area contributed by atoms with Crippen LogP contribution >= 0.6 is 11.8 Å². The molecule has 0 heterocycles. The molecule has 0 saturated heterocycles. The van der Waals surface area contributed by atoms with Crippen LogP contribution in [0.15, 0.2) is 23.1 Å². The smallest absolute Gasteiger partial charge is 0.339 e. The number of thioether (sulfide) groups is 1. The van der Waals surface area contributed by atoms with Gasteiger partial charge in [-0.2, -0.15) is 0 Å². The number of benzene rings is 1. The summed E-state index contributed by atoms with van der Waals surface area (Å²) in [5.41, 5.74) is 1.34. The Morgan fingerprint density at radius 2 is 2.11 bits per heavy atom. The zero-order valence-corrected chi connectivity index (χ0v) is 11.3. The highest BCUT2D eigenvalue weighted by molar-refractivity contribution is 7.98. The van der Waals surface area contributed by atoms with Gasteiger partial charge < -0.3 is 9.84 Å². The number of esters is 1. The summed E-state index contributed by atoms with van der Waals surface area (Å²) in [4.78, 5) is 23.1. The molecule has 18 heavy (non-hydrogen) atoms. The van der Waals surface area contributed by atoms with Crippen LogP contribution in [0.25, 0.3) is 0 Å². The van der Waals surface area contributed by atoms with Crippen LogP contribution in [0.3, 0.4) is 0 Å². The Balaban J connectivity index is 2.94. The van der Waals surface area contributed by atoms with E-state index in [0.29, 0.717) is 18.6 Å². The monoisotopic (exact) mass is 268 g/mol. The molecule has 0 radical (unpaired) electrons. The Hall–Kier alpha value is -1.49. The first kappa shape index (κ1) is 14.6. The van der Waals surface area contributed by atoms with E-state index in [1.54, 1.807) is 13.0 Å². The number of ether oxygens (including phenoxy) is 1. The Labute approximate surface area is 110 Å². The van der Waals surface area contributed by atoms with Gasteiger partial charge in [-0.25, -0.2) is 4.79 Å². The lowest BCUT2D eigenvalue weighted by Gasteiger charge is -2.09. The lowest BCUT2D eigenvalue weighted by molar-refractivity contribution is -0.136. The topological polar surface area (TPSA) is 63.6 Å². The van der Waals surface area contributed by atoms with Gasteiger partial charge >= 0.3 is 11.9 Å². The van der Waals surface area contributed by atoms with Crippen molar-refractivity contribution >= 4 is 23.7 Å². The van der Waals surface area contributed by atoms with Crippen LogP contribution in [0.2, 0.25) is 0 Å². The van der Waals surface area contributed by atoms with E-state index in [4.69, 9.17) is 9.84 Å². The second-order valence-electron chi connectivity index (χ2n) is 3.65. The van der Waals surface area contributed by atoms with Crippen LogP contribution in [0, 0.1) is 0 Å². The average molecular weight is 268 g/mol. The molecule has 0 spiro atoms. The van der Waals surface area contributed by atoms with Crippen LogP contribution in [0.4, 0.5) is 0 Å². The highest BCUT2D eigenvalue weighted by atomic mass is 32.2. The van der Waals surface area contributed by atoms with Gasteiger partial charge in [0.1, 0.15) is 0 Å². The lowest BCUT2D eigenvalue weighted by Crippen LogP contribution is -2.07. The molecule has 0 bridgehead atoms. The highest BCUT2D eigenvalue weighted by Gasteiger charge is 2.13. The number of carboxylic acids is 1. The van der Waals surface area contributed by atoms with Crippen LogP contribution < -0.4 is 0 Å². The molecule has 0 aromatic heterocycles. The third-order valence-corrected chi connectivity index (χ3v) is 3.18. The van der Waals surface area contributed by atoms with E-state index < -0.39 is 5.97 Å². The van der Waals surface area contributed by atoms with Crippen LogP contribution in [0.5, 0.6) is 0 Å². The molecular formula is C13H16O4S. The maximum absolute atomic E-state index is 11.8. The van der Waals surface area contributed by atoms with Gasteiger partial charge in [-0.15, -0.1) is 11.8 Å². The fourth-order valence-corrected chi connectivity index (χ4v) is 2.10. The van der Waals surface area contributed by atoms with Crippen molar-refractivity contribution < 1.29 is 19.4 Å². The fraction of sp³-hybridized carbons (Fsp3) is 0.385. The molecule has 0 atom stereocenters. The number of carboxylic acid groups (broad SMARTS) is 1. The zero-order valence-electron chi connectivity index (χ0n) is 10.4. The molecular weight excluding hydrogens is 252 g/mol. The van der Waals surface area contributed by atoms with Gasteiger partial charge in [0.15, 0.2) is 0 Å². The van der Waals surface area contributed by atoms with Gasteiger partial charge in [0.2, 0.25) is 0 Å². The van der Waals surface area contributed by atoms with Crippen molar-refractivity contribution in [2.24, 2.45) is 0 Å². The Bertz CT molecular complexity index is 443. The minimum absolute atomic E-state index is 0.0564. The van der Waals surface area contributed by atoms with E-state index in [1.165, 1.54) is 11.8 Å². The predicted octanol–water partition coefficient (Wildman–Crippen LogP) is 2.60. The molecule has 1 N–H and O–H groups in total. The number of rotatable bonds is 6. The minimum Gasteiger partial charge on any atom is -0.481 e. The maximum atomic E-state index is 11.8. The van der Waals surface area contributed by atoms with Crippen molar-refractivity contribution in [3.8, 4) is 0 Å². The molecule has 0 aliphatic heterocycles. The number of carbonyl (C=O) groups excluding carboxylic acids is 1. The molecule has 5 heteroatoms. The van der Waals surface area contributed by atoms with Gasteiger partial charge in [-0.3, -0.25) is 4.79 Å². The van der Waals surface area contributed by atoms with Crippen molar-refractivity contribution in [1.29, 1.82) is 0 Å². The van der Waals surface area contributed by atoms with E-state index >= 15 is 0 Å². The van der Waals surface area contributed by atoms with E-state index in [2.05, 4.69) is 0 Å². The summed E-state index contributed by atoms with van der Waals surface area (Å²) in [6, 6.07) is 5.39. The summed E-state index contributed by atoms with van der Waals surface area (Å²) in [6.07, 6.45) is 2.35. The standard InChI is InChI=1S/C13H16O4S/c1-3-17-13(16)10-8-9(5-7-12(14)15)4-6-11(10)18-2/h4,6,8H,3,5,7H2,1-2H3,(H,14,15). The number of carbonyl (C=O) groups is 2. The Morgan fingerprint density at radius 3 is 2.67 bits per heavy atom. The maximum Gasteiger partial charge on any atom is 0.339 e. The molecule has 0 aliphatic rings. The van der Waals surface area contributed by atoms with E-state index in [1.807, 2.05) is 18.4 Å². The summed E-state index contributed by atoms with van der Waals surface area (Å²) < 4.78 is 4.98. The van der Waals surface area contributed by atoms with Gasteiger partial charge in [-0.05, 0) is 37.3 Å². The molecule has 98 valence electrons. The van der Waals surface area contributed by atoms with Gasteiger partial charge in [0, 0.05) is 11.3 Å². The Kier molecular flexibility index (Phi) is 5.71. The predicted molar refractivity (Wildman–Crippen MR) is 70.1 cm³/mol. The van der Waals surface area contributed by atoms with E-state index in [-0.39, 0.29) is 12.4 Å². The van der Waals surface area contributed by atoms with Crippen molar-refractivity contribution in [2.45, 2.75) is 24.7 Å². The SMILES string of the molecule is CCOC(=O)c1cc(CCC(=O)O)ccc1SC. The molecule has 0 unspecified atom stereocenters. The van der Waals surface area contributed by atoms with Crippen LogP contribution in [-0.4, -0.2) is 29.9 Å². The van der Waals surface area contributed by atoms with Crippen molar-refractivity contribution in [1.82, 2.24) is 0 Å². The fourth-order valence-electron chi connectivity index (χ4n) is 1.53. The first-order valence-electron chi connectivity index (χ1n) is 5.64. The third-order valence-electron chi connectivity index (χ3n) is 2.39. The largest absolute Gasteiger partial charge is 0.481 e. The first-order chi connectivity index (χ1) is 8.58. The van der Waals surface area contributed by atoms with E-state index in [9.17, 15) is 9.59 Å². The second kappa shape index (κ2) is 7.06. The van der Waals surface area contributed by atoms with Crippen molar-refractivity contribution in [3.63, 3.8) is 0 Å². The second-order valence-corrected chi connectivity index (χ2v) is 4.50. The summed E-state index contributed by atoms with van der Waals surface area (Å²) in [5.74, 6) is -1.21. The molecule has 0 saturated carbocycles. The number of aryl methyl sites for hydroxylation is 1. The molecule has 1 aromatic rings. The minimum atomic E-state index is -0.846.